The highest BCUT2D eigenvalue weighted by atomic mass is 16.5. The summed E-state index contributed by atoms with van der Waals surface area (Å²) in [6.45, 7) is 0.627. The molecule has 0 aliphatic rings. The average molecular weight is 132 g/mol. The Morgan fingerprint density at radius 2 is 2.33 bits per heavy atom. The van der Waals surface area contributed by atoms with E-state index in [0.717, 1.165) is 0 Å². The first-order valence-corrected chi connectivity index (χ1v) is 2.66. The van der Waals surface area contributed by atoms with E-state index in [9.17, 15) is 4.79 Å². The molecule has 9 heavy (non-hydrogen) atoms. The number of hydrogen-bond acceptors (Lipinski definition) is 4. The molecule has 54 valence electrons. The summed E-state index contributed by atoms with van der Waals surface area (Å²) in [6.07, 6.45) is 0. The van der Waals surface area contributed by atoms with E-state index in [2.05, 4.69) is 4.74 Å². The monoisotopic (exact) mass is 132 g/mol. The topological polar surface area (TPSA) is 55.6 Å². The number of ether oxygens (including phenoxy) is 1. The maximum atomic E-state index is 10.5. The standard InChI is InChI=1S/C5H12N2O2/c1-7(4-6)3-5(8)9-2/h3-4,6H2,1-2H3. The number of nitrogens with two attached hydrogens (primary N) is 1. The number of carbonyl (C=O) groups excluding carboxylic acids is 1. The van der Waals surface area contributed by atoms with Gasteiger partial charge in [0.25, 0.3) is 0 Å². The highest BCUT2D eigenvalue weighted by Crippen LogP contribution is 1.78. The number of esters is 1. The molecule has 0 saturated heterocycles. The molecule has 0 saturated carbocycles. The van der Waals surface area contributed by atoms with Crippen molar-refractivity contribution in [2.45, 2.75) is 0 Å². The molecule has 4 heteroatoms. The van der Waals surface area contributed by atoms with Crippen LogP contribution in [0.4, 0.5) is 0 Å². The van der Waals surface area contributed by atoms with Crippen molar-refractivity contribution in [1.82, 2.24) is 4.90 Å². The molecule has 0 radical (unpaired) electrons. The van der Waals surface area contributed by atoms with Crippen molar-refractivity contribution in [3.63, 3.8) is 0 Å². The summed E-state index contributed by atoms with van der Waals surface area (Å²) in [4.78, 5) is 12.1. The molecule has 0 aliphatic carbocycles. The summed E-state index contributed by atoms with van der Waals surface area (Å²) in [6, 6.07) is 0. The van der Waals surface area contributed by atoms with E-state index in [1.165, 1.54) is 7.11 Å². The lowest BCUT2D eigenvalue weighted by Gasteiger charge is -2.10. The van der Waals surface area contributed by atoms with Gasteiger partial charge in [-0.15, -0.1) is 0 Å². The largest absolute Gasteiger partial charge is 0.468 e. The first-order valence-electron chi connectivity index (χ1n) is 2.66. The normalized spacial score (nSPS) is 9.78. The van der Waals surface area contributed by atoms with Gasteiger partial charge in [0.1, 0.15) is 0 Å². The molecule has 0 aliphatic heterocycles. The zero-order valence-corrected chi connectivity index (χ0v) is 5.76. The predicted octanol–water partition coefficient (Wildman–Crippen LogP) is -0.993. The fourth-order valence-electron chi connectivity index (χ4n) is 0.349. The van der Waals surface area contributed by atoms with E-state index in [0.29, 0.717) is 6.67 Å². The summed E-state index contributed by atoms with van der Waals surface area (Å²) in [7, 11) is 3.10. The van der Waals surface area contributed by atoms with Gasteiger partial charge in [-0.2, -0.15) is 0 Å². The quantitative estimate of drug-likeness (QED) is 0.395. The minimum Gasteiger partial charge on any atom is -0.468 e. The van der Waals surface area contributed by atoms with Gasteiger partial charge in [-0.1, -0.05) is 0 Å². The predicted molar refractivity (Wildman–Crippen MR) is 33.7 cm³/mol. The van der Waals surface area contributed by atoms with Crippen LogP contribution in [0.2, 0.25) is 0 Å². The lowest BCUT2D eigenvalue weighted by molar-refractivity contribution is -0.141. The molecule has 2 N–H and O–H groups in total. The smallest absolute Gasteiger partial charge is 0.319 e. The molecule has 0 unspecified atom stereocenters. The second-order valence-electron chi connectivity index (χ2n) is 1.77. The Morgan fingerprint density at radius 1 is 1.78 bits per heavy atom. The first kappa shape index (κ1) is 8.39. The number of rotatable bonds is 3. The summed E-state index contributed by atoms with van der Waals surface area (Å²) < 4.78 is 4.39. The van der Waals surface area contributed by atoms with E-state index in [-0.39, 0.29) is 12.5 Å². The van der Waals surface area contributed by atoms with Gasteiger partial charge in [0, 0.05) is 6.67 Å². The van der Waals surface area contributed by atoms with Crippen molar-refractivity contribution >= 4 is 5.97 Å². The Labute approximate surface area is 54.6 Å². The van der Waals surface area contributed by atoms with Gasteiger partial charge in [0.05, 0.1) is 13.7 Å². The summed E-state index contributed by atoms with van der Waals surface area (Å²) >= 11 is 0. The van der Waals surface area contributed by atoms with Crippen LogP contribution in [-0.4, -0.2) is 38.2 Å². The molecule has 0 amide bonds. The van der Waals surface area contributed by atoms with Crippen LogP contribution in [0, 0.1) is 0 Å². The fourth-order valence-corrected chi connectivity index (χ4v) is 0.349. The lowest BCUT2D eigenvalue weighted by atomic mass is 10.6. The lowest BCUT2D eigenvalue weighted by Crippen LogP contribution is -2.31. The molecule has 4 nitrogen and oxygen atoms in total. The van der Waals surface area contributed by atoms with Gasteiger partial charge in [-0.3, -0.25) is 9.69 Å². The van der Waals surface area contributed by atoms with Crippen LogP contribution in [-0.2, 0) is 9.53 Å². The Hall–Kier alpha value is -0.610. The Bertz CT molecular complexity index is 95.0. The van der Waals surface area contributed by atoms with Crippen molar-refractivity contribution in [1.29, 1.82) is 0 Å². The van der Waals surface area contributed by atoms with Crippen LogP contribution in [0.5, 0.6) is 0 Å². The minimum atomic E-state index is -0.261. The number of carbonyl (C=O) groups is 1. The number of nitrogens with zero attached hydrogens (tertiary/aromatic N) is 1. The second-order valence-corrected chi connectivity index (χ2v) is 1.77. The highest BCUT2D eigenvalue weighted by Gasteiger charge is 2.01. The van der Waals surface area contributed by atoms with Crippen LogP contribution >= 0.6 is 0 Å². The Morgan fingerprint density at radius 3 is 2.67 bits per heavy atom. The molecule has 0 heterocycles. The molecule has 0 spiro atoms. The SMILES string of the molecule is COC(=O)CN(C)CN. The van der Waals surface area contributed by atoms with E-state index in [4.69, 9.17) is 5.73 Å². The third kappa shape index (κ3) is 3.93. The molecule has 0 rings (SSSR count). The fraction of sp³-hybridized carbons (Fsp3) is 0.800. The van der Waals surface area contributed by atoms with Crippen LogP contribution in [0.3, 0.4) is 0 Å². The maximum absolute atomic E-state index is 10.5. The maximum Gasteiger partial charge on any atom is 0.319 e. The van der Waals surface area contributed by atoms with Gasteiger partial charge in [0.2, 0.25) is 0 Å². The molecule has 0 atom stereocenters. The first-order chi connectivity index (χ1) is 4.20. The van der Waals surface area contributed by atoms with Crippen LogP contribution in [0.25, 0.3) is 0 Å². The van der Waals surface area contributed by atoms with Crippen molar-refractivity contribution in [2.24, 2.45) is 5.73 Å². The molecule has 0 bridgehead atoms. The molecule has 0 aromatic heterocycles. The third-order valence-electron chi connectivity index (χ3n) is 0.938. The van der Waals surface area contributed by atoms with E-state index < -0.39 is 0 Å². The van der Waals surface area contributed by atoms with Gasteiger partial charge >= 0.3 is 5.97 Å². The summed E-state index contributed by atoms with van der Waals surface area (Å²) in [5.41, 5.74) is 5.19. The zero-order valence-electron chi connectivity index (χ0n) is 5.76. The molecule has 0 aromatic rings. The number of likely N-dealkylation sites (N-methyl/N-ethyl adjacent to an activating group) is 1. The molecule has 0 aromatic carbocycles. The van der Waals surface area contributed by atoms with Gasteiger partial charge in [-0.25, -0.2) is 0 Å². The minimum absolute atomic E-state index is 0.257. The molecular formula is C5H12N2O2. The Balaban J connectivity index is 3.34. The third-order valence-corrected chi connectivity index (χ3v) is 0.938. The van der Waals surface area contributed by atoms with Gasteiger partial charge in [-0.05, 0) is 7.05 Å². The van der Waals surface area contributed by atoms with Crippen LogP contribution < -0.4 is 5.73 Å². The van der Waals surface area contributed by atoms with Crippen molar-refractivity contribution < 1.29 is 9.53 Å². The molecule has 0 fully saturated rings. The van der Waals surface area contributed by atoms with Crippen molar-refractivity contribution in [3.05, 3.63) is 0 Å². The Kier molecular flexibility index (Phi) is 4.00. The van der Waals surface area contributed by atoms with Crippen molar-refractivity contribution in [3.8, 4) is 0 Å². The average Bonchev–Trinajstić information content (AvgIpc) is 1.87. The highest BCUT2D eigenvalue weighted by molar-refractivity contribution is 5.71. The van der Waals surface area contributed by atoms with E-state index >= 15 is 0 Å². The number of hydrogen-bond donors (Lipinski definition) is 1. The summed E-state index contributed by atoms with van der Waals surface area (Å²) in [5.74, 6) is -0.261. The zero-order chi connectivity index (χ0) is 7.28. The van der Waals surface area contributed by atoms with E-state index in [1.807, 2.05) is 0 Å². The van der Waals surface area contributed by atoms with Crippen LogP contribution in [0.15, 0.2) is 0 Å². The van der Waals surface area contributed by atoms with Crippen LogP contribution in [0.1, 0.15) is 0 Å². The second kappa shape index (κ2) is 4.29. The molecular weight excluding hydrogens is 120 g/mol. The number of methoxy groups -OCH3 is 1. The van der Waals surface area contributed by atoms with Gasteiger partial charge in [0.15, 0.2) is 0 Å². The van der Waals surface area contributed by atoms with Crippen molar-refractivity contribution in [2.75, 3.05) is 27.4 Å². The summed E-state index contributed by atoms with van der Waals surface area (Å²) in [5, 5.41) is 0. The van der Waals surface area contributed by atoms with Gasteiger partial charge < -0.3 is 10.5 Å². The van der Waals surface area contributed by atoms with E-state index in [1.54, 1.807) is 11.9 Å².